The summed E-state index contributed by atoms with van der Waals surface area (Å²) in [6.45, 7) is 0. The molecule has 0 radical (unpaired) electrons. The molecule has 0 aliphatic rings. The van der Waals surface area contributed by atoms with E-state index in [4.69, 9.17) is 0 Å². The standard InChI is InChI=1S/C46H31N3.C46H28N2S.C42H26N2/c1-4-15-33(16-5-1)47(34-17-6-2-7-18-34)36-25-27-37(28-26-36)48-42-23-13-12-22-39(42)40-30-31-43-44(46(40)48)41-29-24-32-14-10-11-21-38(32)45(41)49(43)35-19-8-3-9-20-35;1-2-12-31(13-3-1)48-41-28-27-37-35-15-6-8-19-40(35)47(45(37)43(41)39-26-23-29-11-4-5-14-33(29)44(39)48)32-24-21-30(22-25-32)34-17-10-18-38-36-16-7-9-20-42(36)49-46(34)38;1-2-12-30(13-3-1)43-39-25-24-36-35-16-8-9-17-38(35)44(31-21-23-33-29(26-31)19-18-27-10-4-6-14-32(27)33)42(36)40(39)37-22-20-28-11-5-7-15-34(28)41(37)43/h1-31H;1-28H;1-26H. The highest BCUT2D eigenvalue weighted by Crippen LogP contribution is 2.51. The zero-order chi connectivity index (χ0) is 93.1. The van der Waals surface area contributed by atoms with Crippen molar-refractivity contribution >= 4 is 233 Å². The lowest BCUT2D eigenvalue weighted by Gasteiger charge is -2.25. The lowest BCUT2D eigenvalue weighted by atomic mass is 10.0. The van der Waals surface area contributed by atoms with Gasteiger partial charge in [0, 0.05) is 152 Å². The Hall–Kier alpha value is -18.6. The molecular formula is C134H85N7S. The Kier molecular flexibility index (Phi) is 18.5. The largest absolute Gasteiger partial charge is 0.311 e. The monoisotopic (exact) mass is 1820 g/mol. The summed E-state index contributed by atoms with van der Waals surface area (Å²) in [7, 11) is 0. The van der Waals surface area contributed by atoms with Gasteiger partial charge in [0.2, 0.25) is 0 Å². The van der Waals surface area contributed by atoms with E-state index in [1.54, 1.807) is 0 Å². The first kappa shape index (κ1) is 80.7. The van der Waals surface area contributed by atoms with Crippen molar-refractivity contribution in [3.05, 3.63) is 516 Å². The van der Waals surface area contributed by atoms with Crippen molar-refractivity contribution in [2.75, 3.05) is 4.90 Å². The summed E-state index contributed by atoms with van der Waals surface area (Å²) in [4.78, 5) is 2.31. The van der Waals surface area contributed by atoms with E-state index in [9.17, 15) is 0 Å². The van der Waals surface area contributed by atoms with E-state index in [1.807, 2.05) is 11.3 Å². The van der Waals surface area contributed by atoms with Crippen molar-refractivity contribution in [2.45, 2.75) is 0 Å². The highest BCUT2D eigenvalue weighted by atomic mass is 32.1. The molecule has 0 saturated heterocycles. The first-order valence-electron chi connectivity index (χ1n) is 48.8. The van der Waals surface area contributed by atoms with Crippen LogP contribution in [0.25, 0.3) is 250 Å². The second-order valence-corrected chi connectivity index (χ2v) is 38.3. The molecule has 0 atom stereocenters. The maximum atomic E-state index is 2.49. The number of benzene rings is 24. The molecule has 0 fully saturated rings. The molecule has 7 heterocycles. The fourth-order valence-corrected chi connectivity index (χ4v) is 24.8. The Morgan fingerprint density at radius 2 is 0.444 bits per heavy atom. The van der Waals surface area contributed by atoms with Gasteiger partial charge in [-0.15, -0.1) is 11.3 Å². The maximum absolute atomic E-state index is 2.49. The van der Waals surface area contributed by atoms with Crippen molar-refractivity contribution in [3.8, 4) is 45.3 Å². The second kappa shape index (κ2) is 32.6. The number of hydrogen-bond acceptors (Lipinski definition) is 2. The number of fused-ring (bicyclic) bond motifs is 33. The zero-order valence-electron chi connectivity index (χ0n) is 77.1. The second-order valence-electron chi connectivity index (χ2n) is 37.2. The van der Waals surface area contributed by atoms with Crippen molar-refractivity contribution in [1.82, 2.24) is 27.4 Å². The van der Waals surface area contributed by atoms with E-state index >= 15 is 0 Å². The molecule has 7 nitrogen and oxygen atoms in total. The summed E-state index contributed by atoms with van der Waals surface area (Å²) in [6.07, 6.45) is 0. The lowest BCUT2D eigenvalue weighted by Crippen LogP contribution is -2.09. The smallest absolute Gasteiger partial charge is 0.0641 e. The molecular weight excluding hydrogens is 1740 g/mol. The van der Waals surface area contributed by atoms with Gasteiger partial charge in [0.1, 0.15) is 0 Å². The number of anilines is 3. The van der Waals surface area contributed by atoms with Gasteiger partial charge < -0.3 is 32.3 Å². The number of rotatable bonds is 10. The summed E-state index contributed by atoms with van der Waals surface area (Å²) in [5.74, 6) is 0. The third kappa shape index (κ3) is 12.5. The van der Waals surface area contributed by atoms with Gasteiger partial charge in [0.15, 0.2) is 0 Å². The highest BCUT2D eigenvalue weighted by Gasteiger charge is 2.29. The van der Waals surface area contributed by atoms with Crippen LogP contribution in [0, 0.1) is 0 Å². The van der Waals surface area contributed by atoms with Crippen LogP contribution in [0.3, 0.4) is 0 Å². The molecule has 0 bridgehead atoms. The predicted molar refractivity (Wildman–Crippen MR) is 606 cm³/mol. The number of aromatic nitrogens is 6. The molecule has 31 aromatic rings. The lowest BCUT2D eigenvalue weighted by molar-refractivity contribution is 1.17. The summed E-state index contributed by atoms with van der Waals surface area (Å²) in [6, 6.07) is 188. The normalized spacial score (nSPS) is 11.9. The van der Waals surface area contributed by atoms with Crippen LogP contribution in [0.5, 0.6) is 0 Å². The Morgan fingerprint density at radius 1 is 0.155 bits per heavy atom. The molecule has 0 unspecified atom stereocenters. The van der Waals surface area contributed by atoms with E-state index in [2.05, 4.69) is 548 Å². The van der Waals surface area contributed by atoms with Crippen LogP contribution in [0.2, 0.25) is 0 Å². The third-order valence-corrected chi connectivity index (χ3v) is 30.8. The van der Waals surface area contributed by atoms with Crippen LogP contribution in [0.4, 0.5) is 17.1 Å². The van der Waals surface area contributed by atoms with Crippen LogP contribution in [-0.4, -0.2) is 27.4 Å². The fraction of sp³-hybridized carbons (Fsp3) is 0. The van der Waals surface area contributed by atoms with Crippen molar-refractivity contribution in [3.63, 3.8) is 0 Å². The Balaban J connectivity index is 0.000000102. The molecule has 0 aliphatic heterocycles. The van der Waals surface area contributed by atoms with Crippen molar-refractivity contribution < 1.29 is 0 Å². The van der Waals surface area contributed by atoms with Crippen molar-refractivity contribution in [1.29, 1.82) is 0 Å². The first-order chi connectivity index (χ1) is 70.5. The molecule has 31 rings (SSSR count). The molecule has 0 saturated carbocycles. The predicted octanol–water partition coefficient (Wildman–Crippen LogP) is 36.9. The molecule has 0 aliphatic carbocycles. The number of nitrogens with zero attached hydrogens (tertiary/aromatic N) is 7. The first-order valence-corrected chi connectivity index (χ1v) is 49.6. The summed E-state index contributed by atoms with van der Waals surface area (Å²) >= 11 is 1.88. The molecule has 662 valence electrons. The molecule has 0 spiro atoms. The minimum Gasteiger partial charge on any atom is -0.311 e. The number of hydrogen-bond donors (Lipinski definition) is 0. The van der Waals surface area contributed by atoms with E-state index in [-0.39, 0.29) is 0 Å². The molecule has 0 amide bonds. The van der Waals surface area contributed by atoms with Gasteiger partial charge in [0.25, 0.3) is 0 Å². The third-order valence-electron chi connectivity index (χ3n) is 29.6. The SMILES string of the molecule is c1ccc(-n2c3ccc4c5ccccc5n(-c5ccc(-c6cccc7c6sc6ccccc67)cc5)c4c3c3ccc4ccccc4c32)cc1.c1ccc(-n2c3ccc4c5ccccc5n(-c5ccc6c(ccc7ccccc76)c5)c4c3c3ccc4ccccc4c32)cc1.c1ccc(N(c2ccccc2)c2ccc(-n3c4ccccc4c4ccc5c(c6ccc7ccccc7c6n5-c5ccccc5)c43)cc2)cc1. The van der Waals surface area contributed by atoms with Gasteiger partial charge in [0.05, 0.1) is 66.2 Å². The Labute approximate surface area is 820 Å². The average molecular weight is 1830 g/mol. The number of para-hydroxylation sites is 8. The van der Waals surface area contributed by atoms with E-state index in [0.717, 1.165) is 34.1 Å². The van der Waals surface area contributed by atoms with E-state index in [1.165, 1.54) is 233 Å². The van der Waals surface area contributed by atoms with Gasteiger partial charge in [-0.05, 0) is 200 Å². The quantitative estimate of drug-likeness (QED) is 0.126. The van der Waals surface area contributed by atoms with Crippen LogP contribution < -0.4 is 4.90 Å². The van der Waals surface area contributed by atoms with Crippen LogP contribution in [0.15, 0.2) is 516 Å². The minimum absolute atomic E-state index is 1.11. The van der Waals surface area contributed by atoms with E-state index in [0.29, 0.717) is 0 Å². The topological polar surface area (TPSA) is 32.8 Å². The molecule has 142 heavy (non-hydrogen) atoms. The van der Waals surface area contributed by atoms with Crippen LogP contribution in [-0.2, 0) is 0 Å². The van der Waals surface area contributed by atoms with Gasteiger partial charge in [-0.2, -0.15) is 0 Å². The molecule has 0 N–H and O–H groups in total. The maximum Gasteiger partial charge on any atom is 0.0641 e. The number of thiophene rings is 1. The van der Waals surface area contributed by atoms with Crippen molar-refractivity contribution in [2.24, 2.45) is 0 Å². The molecule has 8 heteroatoms. The van der Waals surface area contributed by atoms with Gasteiger partial charge in [-0.3, -0.25) is 0 Å². The minimum atomic E-state index is 1.11. The van der Waals surface area contributed by atoms with Crippen LogP contribution in [0.1, 0.15) is 0 Å². The zero-order valence-corrected chi connectivity index (χ0v) is 77.9. The fourth-order valence-electron chi connectivity index (χ4n) is 23.5. The Morgan fingerprint density at radius 3 is 0.880 bits per heavy atom. The Bertz CT molecular complexity index is 10500. The van der Waals surface area contributed by atoms with Crippen LogP contribution >= 0.6 is 11.3 Å². The van der Waals surface area contributed by atoms with Gasteiger partial charge in [-0.1, -0.05) is 364 Å². The molecule has 24 aromatic carbocycles. The summed E-state index contributed by atoms with van der Waals surface area (Å²) in [5, 5.41) is 30.4. The average Bonchev–Trinajstić information content (AvgIpc) is 1.54. The summed E-state index contributed by atoms with van der Waals surface area (Å²) in [5.41, 5.74) is 27.5. The summed E-state index contributed by atoms with van der Waals surface area (Å²) < 4.78 is 17.5. The van der Waals surface area contributed by atoms with Gasteiger partial charge >= 0.3 is 0 Å². The van der Waals surface area contributed by atoms with Gasteiger partial charge in [-0.25, -0.2) is 0 Å². The van der Waals surface area contributed by atoms with E-state index < -0.39 is 0 Å². The molecule has 7 aromatic heterocycles. The highest BCUT2D eigenvalue weighted by molar-refractivity contribution is 7.26.